The molecule has 3 saturated heterocycles. The van der Waals surface area contributed by atoms with E-state index in [2.05, 4.69) is 15.2 Å². The Morgan fingerprint density at radius 2 is 1.68 bits per heavy atom. The lowest BCUT2D eigenvalue weighted by atomic mass is 9.56. The lowest BCUT2D eigenvalue weighted by Crippen LogP contribution is -2.71. The Morgan fingerprint density at radius 3 is 2.27 bits per heavy atom. The summed E-state index contributed by atoms with van der Waals surface area (Å²) in [5, 5.41) is 7.43. The summed E-state index contributed by atoms with van der Waals surface area (Å²) in [4.78, 5) is 21.4. The quantitative estimate of drug-likeness (QED) is 0.611. The first-order chi connectivity index (χ1) is 17.6. The van der Waals surface area contributed by atoms with Gasteiger partial charge in [-0.1, -0.05) is 6.07 Å². The Kier molecular flexibility index (Phi) is 5.01. The molecule has 5 fully saturated rings. The van der Waals surface area contributed by atoms with Crippen LogP contribution in [0.1, 0.15) is 60.3 Å². The predicted molar refractivity (Wildman–Crippen MR) is 123 cm³/mol. The van der Waals surface area contributed by atoms with E-state index in [0.29, 0.717) is 50.6 Å². The number of benzene rings is 1. The van der Waals surface area contributed by atoms with Gasteiger partial charge in [-0.25, -0.2) is 14.2 Å². The van der Waals surface area contributed by atoms with Crippen LogP contribution in [-0.4, -0.2) is 70.4 Å². The molecular formula is C26H29F4N5O2. The number of ether oxygens (including phenoxy) is 1. The maximum absolute atomic E-state index is 13.4. The van der Waals surface area contributed by atoms with Crippen molar-refractivity contribution >= 4 is 6.03 Å². The lowest BCUT2D eigenvalue weighted by Gasteiger charge is -2.63. The second-order valence-electron chi connectivity index (χ2n) is 12.2. The third kappa shape index (κ3) is 3.92. The van der Waals surface area contributed by atoms with Crippen molar-refractivity contribution in [1.29, 1.82) is 0 Å². The minimum atomic E-state index is -4.56. The number of amides is 2. The molecule has 7 nitrogen and oxygen atoms in total. The number of carbonyl (C=O) groups excluding carboxylic acids is 1. The number of aromatic amines is 1. The Hall–Kier alpha value is -2.69. The van der Waals surface area contributed by atoms with Crippen LogP contribution < -0.4 is 0 Å². The van der Waals surface area contributed by atoms with Crippen molar-refractivity contribution in [1.82, 2.24) is 25.0 Å². The highest BCUT2D eigenvalue weighted by Crippen LogP contribution is 2.57. The van der Waals surface area contributed by atoms with Gasteiger partial charge in [0.05, 0.1) is 24.7 Å². The average molecular weight is 520 g/mol. The summed E-state index contributed by atoms with van der Waals surface area (Å²) >= 11 is 0. The zero-order chi connectivity index (χ0) is 25.6. The number of nitrogens with zero attached hydrogens (tertiary/aromatic N) is 4. The summed E-state index contributed by atoms with van der Waals surface area (Å²) in [6, 6.07) is 3.02. The van der Waals surface area contributed by atoms with E-state index in [0.717, 1.165) is 56.5 Å². The van der Waals surface area contributed by atoms with Crippen LogP contribution in [0.15, 0.2) is 18.2 Å². The predicted octanol–water partition coefficient (Wildman–Crippen LogP) is 4.33. The summed E-state index contributed by atoms with van der Waals surface area (Å²) in [5.41, 5.74) is -0.481. The van der Waals surface area contributed by atoms with Gasteiger partial charge in [0.2, 0.25) is 0 Å². The SMILES string of the molecule is O=C(N1CC2(CC(Cc3ccc(F)cc3C(F)(F)F)C2)C1)N1CC2(CC(c3nc(C4COC4)n[nH]3)C2)C1. The minimum Gasteiger partial charge on any atom is -0.380 e. The molecule has 2 aromatic rings. The number of hydrogen-bond donors (Lipinski definition) is 1. The topological polar surface area (TPSA) is 74.3 Å². The van der Waals surface area contributed by atoms with Gasteiger partial charge in [0.15, 0.2) is 5.82 Å². The standard InChI is InChI=1S/C26H29F4N5O2/c27-19-2-1-16(20(4-19)26(28,29)30)3-15-5-24(6-15)11-34(12-24)23(36)35-13-25(14-35)7-17(8-25)21-31-22(33-32-21)18-9-37-10-18/h1-2,4,15,17-18H,3,5-14H2,(H,31,32,33). The van der Waals surface area contributed by atoms with Gasteiger partial charge in [-0.15, -0.1) is 0 Å². The highest BCUT2D eigenvalue weighted by atomic mass is 19.4. The van der Waals surface area contributed by atoms with Crippen molar-refractivity contribution in [2.45, 2.75) is 50.1 Å². The van der Waals surface area contributed by atoms with E-state index in [1.807, 2.05) is 9.80 Å². The number of rotatable bonds is 4. The molecule has 0 bridgehead atoms. The number of halogens is 4. The van der Waals surface area contributed by atoms with Crippen molar-refractivity contribution in [2.24, 2.45) is 16.7 Å². The lowest BCUT2D eigenvalue weighted by molar-refractivity contribution is -0.138. The number of nitrogens with one attached hydrogen (secondary N) is 1. The van der Waals surface area contributed by atoms with Gasteiger partial charge < -0.3 is 14.5 Å². The number of carbonyl (C=O) groups is 1. The summed E-state index contributed by atoms with van der Waals surface area (Å²) in [6.07, 6.45) is -0.617. The summed E-state index contributed by atoms with van der Waals surface area (Å²) in [5.74, 6) is 1.74. The molecule has 37 heavy (non-hydrogen) atoms. The second-order valence-corrected chi connectivity index (χ2v) is 12.2. The van der Waals surface area contributed by atoms with Gasteiger partial charge in [-0.3, -0.25) is 5.10 Å². The smallest absolute Gasteiger partial charge is 0.380 e. The molecule has 0 unspecified atom stereocenters. The molecule has 7 rings (SSSR count). The van der Waals surface area contributed by atoms with Gasteiger partial charge in [-0.05, 0) is 55.7 Å². The van der Waals surface area contributed by atoms with Crippen LogP contribution in [0, 0.1) is 22.6 Å². The van der Waals surface area contributed by atoms with E-state index in [1.54, 1.807) is 0 Å². The third-order valence-electron chi connectivity index (χ3n) is 9.24. The Labute approximate surface area is 211 Å². The number of likely N-dealkylation sites (tertiary alicyclic amines) is 2. The highest BCUT2D eigenvalue weighted by Gasteiger charge is 2.58. The van der Waals surface area contributed by atoms with Crippen LogP contribution in [0.4, 0.5) is 22.4 Å². The normalized spacial score (nSPS) is 24.9. The van der Waals surface area contributed by atoms with Gasteiger partial charge >= 0.3 is 12.2 Å². The summed E-state index contributed by atoms with van der Waals surface area (Å²) < 4.78 is 58.5. The van der Waals surface area contributed by atoms with Crippen LogP contribution in [-0.2, 0) is 17.3 Å². The maximum Gasteiger partial charge on any atom is 0.416 e. The third-order valence-corrected chi connectivity index (χ3v) is 9.24. The molecule has 1 aromatic carbocycles. The molecular weight excluding hydrogens is 490 g/mol. The van der Waals surface area contributed by atoms with Crippen LogP contribution >= 0.6 is 0 Å². The summed E-state index contributed by atoms with van der Waals surface area (Å²) in [6.45, 7) is 4.28. The maximum atomic E-state index is 13.4. The molecule has 0 radical (unpaired) electrons. The van der Waals surface area contributed by atoms with Crippen molar-refractivity contribution < 1.29 is 27.1 Å². The minimum absolute atomic E-state index is 0.0400. The van der Waals surface area contributed by atoms with Gasteiger partial charge in [0.25, 0.3) is 0 Å². The fourth-order valence-corrected chi connectivity index (χ4v) is 7.34. The molecule has 4 heterocycles. The van der Waals surface area contributed by atoms with Gasteiger partial charge in [0.1, 0.15) is 11.6 Å². The monoisotopic (exact) mass is 519 g/mol. The molecule has 2 saturated carbocycles. The molecule has 11 heteroatoms. The van der Waals surface area contributed by atoms with Crippen molar-refractivity contribution in [3.63, 3.8) is 0 Å². The van der Waals surface area contributed by atoms with Crippen molar-refractivity contribution in [3.8, 4) is 0 Å². The first-order valence-electron chi connectivity index (χ1n) is 13.0. The molecule has 2 amide bonds. The van der Waals surface area contributed by atoms with E-state index < -0.39 is 17.6 Å². The number of hydrogen-bond acceptors (Lipinski definition) is 4. The Bertz CT molecular complexity index is 1210. The Balaban J connectivity index is 0.861. The zero-order valence-corrected chi connectivity index (χ0v) is 20.4. The summed E-state index contributed by atoms with van der Waals surface area (Å²) in [7, 11) is 0. The first-order valence-corrected chi connectivity index (χ1v) is 13.0. The number of alkyl halides is 3. The van der Waals surface area contributed by atoms with Gasteiger partial charge in [-0.2, -0.15) is 18.3 Å². The molecule has 0 atom stereocenters. The molecule has 2 spiro atoms. The second kappa shape index (κ2) is 7.91. The van der Waals surface area contributed by atoms with Crippen LogP contribution in [0.3, 0.4) is 0 Å². The van der Waals surface area contributed by atoms with Crippen molar-refractivity contribution in [3.05, 3.63) is 46.8 Å². The molecule has 5 aliphatic rings. The average Bonchev–Trinajstić information content (AvgIpc) is 3.14. The zero-order valence-electron chi connectivity index (χ0n) is 20.4. The number of urea groups is 1. The van der Waals surface area contributed by atoms with Crippen LogP contribution in [0.2, 0.25) is 0 Å². The van der Waals surface area contributed by atoms with Crippen LogP contribution in [0.25, 0.3) is 0 Å². The number of aromatic nitrogens is 3. The molecule has 198 valence electrons. The van der Waals surface area contributed by atoms with E-state index >= 15 is 0 Å². The van der Waals surface area contributed by atoms with Crippen molar-refractivity contribution in [2.75, 3.05) is 39.4 Å². The van der Waals surface area contributed by atoms with E-state index in [9.17, 15) is 22.4 Å². The molecule has 2 aliphatic carbocycles. The van der Waals surface area contributed by atoms with E-state index in [-0.39, 0.29) is 28.3 Å². The Morgan fingerprint density at radius 1 is 1.03 bits per heavy atom. The van der Waals surface area contributed by atoms with E-state index in [1.165, 1.54) is 6.07 Å². The van der Waals surface area contributed by atoms with Gasteiger partial charge in [0, 0.05) is 42.9 Å². The van der Waals surface area contributed by atoms with Crippen LogP contribution in [0.5, 0.6) is 0 Å². The number of H-pyrrole nitrogens is 1. The largest absolute Gasteiger partial charge is 0.416 e. The fraction of sp³-hybridized carbons (Fsp3) is 0.654. The first kappa shape index (κ1) is 23.4. The highest BCUT2D eigenvalue weighted by molar-refractivity contribution is 5.77. The fourth-order valence-electron chi connectivity index (χ4n) is 7.34. The molecule has 1 aromatic heterocycles. The van der Waals surface area contributed by atoms with E-state index in [4.69, 9.17) is 4.74 Å². The molecule has 3 aliphatic heterocycles. The molecule has 1 N–H and O–H groups in total.